The highest BCUT2D eigenvalue weighted by Gasteiger charge is 2.40. The molecular weight excluding hydrogens is 296 g/mol. The molecule has 0 spiro atoms. The molecule has 2 fully saturated rings. The van der Waals surface area contributed by atoms with Crippen molar-refractivity contribution in [3.8, 4) is 0 Å². The van der Waals surface area contributed by atoms with Gasteiger partial charge in [0.15, 0.2) is 5.82 Å². The third-order valence-corrected chi connectivity index (χ3v) is 4.91. The smallest absolute Gasteiger partial charge is 0.245 e. The van der Waals surface area contributed by atoms with E-state index in [2.05, 4.69) is 15.5 Å². The van der Waals surface area contributed by atoms with Crippen LogP contribution in [0.15, 0.2) is 4.52 Å². The first kappa shape index (κ1) is 16.0. The number of nitrogens with zero attached hydrogens (tertiary/aromatic N) is 3. The molecule has 2 aliphatic rings. The highest BCUT2D eigenvalue weighted by molar-refractivity contribution is 5.91. The Morgan fingerprint density at radius 1 is 1.39 bits per heavy atom. The normalized spacial score (nSPS) is 21.5. The summed E-state index contributed by atoms with van der Waals surface area (Å²) in [7, 11) is 0. The van der Waals surface area contributed by atoms with Crippen LogP contribution in [0.4, 0.5) is 0 Å². The molecular formula is C16H24N4O3. The van der Waals surface area contributed by atoms with E-state index in [0.717, 1.165) is 18.7 Å². The van der Waals surface area contributed by atoms with Crippen molar-refractivity contribution < 1.29 is 14.1 Å². The number of carbonyl (C=O) groups is 2. The first-order valence-corrected chi connectivity index (χ1v) is 8.40. The molecule has 1 saturated carbocycles. The first-order chi connectivity index (χ1) is 11.0. The Morgan fingerprint density at radius 3 is 2.87 bits per heavy atom. The van der Waals surface area contributed by atoms with Crippen LogP contribution in [0, 0.1) is 0 Å². The molecule has 1 aromatic rings. The number of nitrogens with one attached hydrogen (secondary N) is 1. The maximum Gasteiger partial charge on any atom is 0.245 e. The molecule has 1 aromatic heterocycles. The van der Waals surface area contributed by atoms with E-state index in [9.17, 15) is 9.59 Å². The Balaban J connectivity index is 1.57. The Morgan fingerprint density at radius 2 is 2.13 bits per heavy atom. The lowest BCUT2D eigenvalue weighted by Gasteiger charge is -2.41. The van der Waals surface area contributed by atoms with E-state index < -0.39 is 5.54 Å². The van der Waals surface area contributed by atoms with E-state index >= 15 is 0 Å². The molecule has 0 radical (unpaired) electrons. The third-order valence-electron chi connectivity index (χ3n) is 4.91. The minimum Gasteiger partial charge on any atom is -0.352 e. The lowest BCUT2D eigenvalue weighted by molar-refractivity contribution is -0.149. The molecule has 1 aliphatic heterocycles. The molecule has 0 atom stereocenters. The number of carbonyl (C=O) groups excluding carboxylic acids is 2. The number of aryl methyl sites for hydroxylation is 1. The lowest BCUT2D eigenvalue weighted by Crippen LogP contribution is -2.63. The number of rotatable bonds is 4. The Kier molecular flexibility index (Phi) is 4.37. The van der Waals surface area contributed by atoms with Gasteiger partial charge in [-0.1, -0.05) is 18.0 Å². The Labute approximate surface area is 135 Å². The van der Waals surface area contributed by atoms with Crippen LogP contribution < -0.4 is 5.32 Å². The summed E-state index contributed by atoms with van der Waals surface area (Å²) in [5, 5.41) is 6.85. The van der Waals surface area contributed by atoms with Crippen LogP contribution >= 0.6 is 0 Å². The minimum atomic E-state index is -0.806. The molecule has 7 heteroatoms. The average molecular weight is 320 g/mol. The largest absolute Gasteiger partial charge is 0.352 e. The fourth-order valence-electron chi connectivity index (χ4n) is 3.40. The molecule has 0 unspecified atom stereocenters. The van der Waals surface area contributed by atoms with Gasteiger partial charge in [0, 0.05) is 31.8 Å². The van der Waals surface area contributed by atoms with E-state index in [0.29, 0.717) is 31.3 Å². The standard InChI is InChI=1S/C16H24N4O3/c1-16(2)15(22)17-9-10-20(16)13(21)8-7-12-18-14(19-23-12)11-5-3-4-6-11/h11H,3-10H2,1-2H3,(H,17,22). The zero-order chi connectivity index (χ0) is 16.4. The van der Waals surface area contributed by atoms with Gasteiger partial charge >= 0.3 is 0 Å². The molecule has 126 valence electrons. The van der Waals surface area contributed by atoms with Crippen molar-refractivity contribution in [3.63, 3.8) is 0 Å². The highest BCUT2D eigenvalue weighted by Crippen LogP contribution is 2.32. The zero-order valence-electron chi connectivity index (χ0n) is 13.8. The molecule has 0 bridgehead atoms. The van der Waals surface area contributed by atoms with Gasteiger partial charge in [-0.05, 0) is 26.7 Å². The Bertz CT molecular complexity index is 590. The van der Waals surface area contributed by atoms with Crippen LogP contribution in [-0.2, 0) is 16.0 Å². The maximum absolute atomic E-state index is 12.5. The van der Waals surface area contributed by atoms with Crippen LogP contribution in [0.25, 0.3) is 0 Å². The van der Waals surface area contributed by atoms with Gasteiger partial charge < -0.3 is 14.7 Å². The lowest BCUT2D eigenvalue weighted by atomic mass is 9.98. The van der Waals surface area contributed by atoms with Gasteiger partial charge in [-0.15, -0.1) is 0 Å². The topological polar surface area (TPSA) is 88.3 Å². The van der Waals surface area contributed by atoms with Crippen molar-refractivity contribution in [2.24, 2.45) is 0 Å². The Hall–Kier alpha value is -1.92. The van der Waals surface area contributed by atoms with Crippen LogP contribution in [0.3, 0.4) is 0 Å². The summed E-state index contributed by atoms with van der Waals surface area (Å²) < 4.78 is 5.28. The third kappa shape index (κ3) is 3.23. The molecule has 3 rings (SSSR count). The van der Waals surface area contributed by atoms with Gasteiger partial charge in [0.05, 0.1) is 0 Å². The van der Waals surface area contributed by atoms with Crippen molar-refractivity contribution in [3.05, 3.63) is 11.7 Å². The summed E-state index contributed by atoms with van der Waals surface area (Å²) in [5.74, 6) is 1.54. The van der Waals surface area contributed by atoms with Crippen molar-refractivity contribution in [2.45, 2.75) is 63.8 Å². The van der Waals surface area contributed by atoms with Crippen molar-refractivity contribution in [1.82, 2.24) is 20.4 Å². The first-order valence-electron chi connectivity index (χ1n) is 8.40. The van der Waals surface area contributed by atoms with Crippen molar-refractivity contribution in [2.75, 3.05) is 13.1 Å². The van der Waals surface area contributed by atoms with Crippen LogP contribution in [0.2, 0.25) is 0 Å². The number of hydrogen-bond acceptors (Lipinski definition) is 5. The van der Waals surface area contributed by atoms with Gasteiger partial charge in [-0.3, -0.25) is 9.59 Å². The minimum absolute atomic E-state index is 0.0505. The fraction of sp³-hybridized carbons (Fsp3) is 0.750. The predicted octanol–water partition coefficient (Wildman–Crippen LogP) is 1.40. The predicted molar refractivity (Wildman–Crippen MR) is 82.6 cm³/mol. The van der Waals surface area contributed by atoms with Crippen LogP contribution in [0.1, 0.15) is 63.6 Å². The van der Waals surface area contributed by atoms with E-state index in [-0.39, 0.29) is 18.2 Å². The van der Waals surface area contributed by atoms with E-state index in [1.54, 1.807) is 18.7 Å². The van der Waals surface area contributed by atoms with Gasteiger partial charge in [0.25, 0.3) is 0 Å². The SMILES string of the molecule is CC1(C)C(=O)NCCN1C(=O)CCc1nc(C2CCCC2)no1. The summed E-state index contributed by atoms with van der Waals surface area (Å²) in [6.07, 6.45) is 5.39. The molecule has 1 saturated heterocycles. The van der Waals surface area contributed by atoms with E-state index in [4.69, 9.17) is 4.52 Å². The van der Waals surface area contributed by atoms with Crippen molar-refractivity contribution in [1.29, 1.82) is 0 Å². The number of hydrogen-bond donors (Lipinski definition) is 1. The molecule has 7 nitrogen and oxygen atoms in total. The summed E-state index contributed by atoms with van der Waals surface area (Å²) in [5.41, 5.74) is -0.806. The fourth-order valence-corrected chi connectivity index (χ4v) is 3.40. The quantitative estimate of drug-likeness (QED) is 0.906. The zero-order valence-corrected chi connectivity index (χ0v) is 13.8. The number of aromatic nitrogens is 2. The molecule has 0 aromatic carbocycles. The summed E-state index contributed by atoms with van der Waals surface area (Å²) in [4.78, 5) is 30.4. The number of piperazine rings is 1. The molecule has 2 amide bonds. The molecule has 1 aliphatic carbocycles. The van der Waals surface area contributed by atoms with Crippen LogP contribution in [-0.4, -0.2) is 45.5 Å². The van der Waals surface area contributed by atoms with Gasteiger partial charge in [-0.25, -0.2) is 0 Å². The monoisotopic (exact) mass is 320 g/mol. The van der Waals surface area contributed by atoms with Gasteiger partial charge in [0.2, 0.25) is 17.7 Å². The summed E-state index contributed by atoms with van der Waals surface area (Å²) >= 11 is 0. The summed E-state index contributed by atoms with van der Waals surface area (Å²) in [6, 6.07) is 0. The summed E-state index contributed by atoms with van der Waals surface area (Å²) in [6.45, 7) is 4.57. The number of amides is 2. The average Bonchev–Trinajstić information content (AvgIpc) is 3.18. The highest BCUT2D eigenvalue weighted by atomic mass is 16.5. The van der Waals surface area contributed by atoms with E-state index in [1.807, 2.05) is 0 Å². The molecule has 23 heavy (non-hydrogen) atoms. The van der Waals surface area contributed by atoms with Gasteiger partial charge in [0.1, 0.15) is 5.54 Å². The second kappa shape index (κ2) is 6.29. The second-order valence-corrected chi connectivity index (χ2v) is 6.89. The molecule has 2 heterocycles. The van der Waals surface area contributed by atoms with Gasteiger partial charge in [-0.2, -0.15) is 4.98 Å². The molecule has 1 N–H and O–H groups in total. The maximum atomic E-state index is 12.5. The second-order valence-electron chi connectivity index (χ2n) is 6.89. The van der Waals surface area contributed by atoms with Crippen LogP contribution in [0.5, 0.6) is 0 Å². The van der Waals surface area contributed by atoms with E-state index in [1.165, 1.54) is 12.8 Å². The van der Waals surface area contributed by atoms with Crippen molar-refractivity contribution >= 4 is 11.8 Å².